The molecular formula is C19H26N4O2. The molecule has 25 heavy (non-hydrogen) atoms. The summed E-state index contributed by atoms with van der Waals surface area (Å²) in [4.78, 5) is 14.6. The molecule has 1 unspecified atom stereocenters. The molecule has 1 aromatic heterocycles. The first-order valence-electron chi connectivity index (χ1n) is 8.90. The molecule has 1 N–H and O–H groups in total. The number of rotatable bonds is 7. The van der Waals surface area contributed by atoms with Gasteiger partial charge in [0.1, 0.15) is 0 Å². The average Bonchev–Trinajstić information content (AvgIpc) is 3.26. The lowest BCUT2D eigenvalue weighted by Crippen LogP contribution is -2.39. The van der Waals surface area contributed by atoms with Crippen LogP contribution in [0.1, 0.15) is 24.8 Å². The van der Waals surface area contributed by atoms with Crippen LogP contribution in [0.5, 0.6) is 0 Å². The third-order valence-corrected chi connectivity index (χ3v) is 4.56. The number of aryl methyl sites for hydroxylation is 1. The van der Waals surface area contributed by atoms with Crippen molar-refractivity contribution in [3.63, 3.8) is 0 Å². The maximum atomic E-state index is 12.6. The van der Waals surface area contributed by atoms with E-state index in [0.29, 0.717) is 12.4 Å². The Morgan fingerprint density at radius 3 is 2.96 bits per heavy atom. The Morgan fingerprint density at radius 1 is 1.32 bits per heavy atom. The molecule has 2 aromatic rings. The summed E-state index contributed by atoms with van der Waals surface area (Å²) < 4.78 is 6.88. The van der Waals surface area contributed by atoms with Crippen LogP contribution in [-0.2, 0) is 17.7 Å². The highest BCUT2D eigenvalue weighted by Crippen LogP contribution is 2.22. The molecule has 1 aromatic carbocycles. The van der Waals surface area contributed by atoms with Crippen LogP contribution in [0.2, 0.25) is 0 Å². The van der Waals surface area contributed by atoms with Crippen LogP contribution in [-0.4, -0.2) is 47.0 Å². The summed E-state index contributed by atoms with van der Waals surface area (Å²) in [7, 11) is 1.69. The second-order valence-corrected chi connectivity index (χ2v) is 6.42. The zero-order chi connectivity index (χ0) is 17.5. The Morgan fingerprint density at radius 2 is 2.16 bits per heavy atom. The first-order chi connectivity index (χ1) is 12.3. The summed E-state index contributed by atoms with van der Waals surface area (Å²) in [6.45, 7) is 2.29. The lowest BCUT2D eigenvalue weighted by atomic mass is 10.0. The first kappa shape index (κ1) is 17.5. The number of carbonyl (C=O) groups excluding carboxylic acids is 1. The molecule has 3 rings (SSSR count). The van der Waals surface area contributed by atoms with E-state index in [1.807, 2.05) is 40.0 Å². The number of likely N-dealkylation sites (tertiary alicyclic amines) is 1. The van der Waals surface area contributed by atoms with Crippen LogP contribution >= 0.6 is 0 Å². The summed E-state index contributed by atoms with van der Waals surface area (Å²) in [5.74, 6) is 0.604. The van der Waals surface area contributed by atoms with Crippen LogP contribution in [0, 0.1) is 0 Å². The van der Waals surface area contributed by atoms with Crippen molar-refractivity contribution in [2.24, 2.45) is 0 Å². The standard InChI is InChI=1S/C19H26N4O2/c1-25-14-6-11-22-13-10-18(21-22)20-19(24)23-12-5-9-17(23)15-16-7-3-2-4-8-16/h2-4,7-8,10,13,17H,5-6,9,11-12,14-15H2,1H3,(H,20,21,24). The summed E-state index contributed by atoms with van der Waals surface area (Å²) in [6.07, 6.45) is 5.79. The molecule has 0 saturated carbocycles. The number of anilines is 1. The summed E-state index contributed by atoms with van der Waals surface area (Å²) >= 11 is 0. The van der Waals surface area contributed by atoms with Crippen LogP contribution in [0.3, 0.4) is 0 Å². The van der Waals surface area contributed by atoms with Crippen LogP contribution in [0.15, 0.2) is 42.6 Å². The van der Waals surface area contributed by atoms with Crippen molar-refractivity contribution in [1.29, 1.82) is 0 Å². The molecule has 0 spiro atoms. The summed E-state index contributed by atoms with van der Waals surface area (Å²) in [5, 5.41) is 7.34. The second kappa shape index (κ2) is 8.67. The van der Waals surface area contributed by atoms with Crippen LogP contribution < -0.4 is 5.32 Å². The van der Waals surface area contributed by atoms with E-state index < -0.39 is 0 Å². The number of amides is 2. The lowest BCUT2D eigenvalue weighted by molar-refractivity contribution is 0.189. The first-order valence-corrected chi connectivity index (χ1v) is 8.90. The van der Waals surface area contributed by atoms with Gasteiger partial charge in [-0.15, -0.1) is 0 Å². The maximum absolute atomic E-state index is 12.6. The van der Waals surface area contributed by atoms with Gasteiger partial charge in [-0.05, 0) is 31.2 Å². The molecule has 0 aliphatic carbocycles. The Kier molecular flexibility index (Phi) is 6.06. The minimum atomic E-state index is -0.0550. The molecule has 1 fully saturated rings. The van der Waals surface area contributed by atoms with Gasteiger partial charge in [0.05, 0.1) is 0 Å². The van der Waals surface area contributed by atoms with Crippen molar-refractivity contribution in [2.75, 3.05) is 25.6 Å². The number of benzene rings is 1. The Balaban J connectivity index is 1.55. The number of carbonyl (C=O) groups is 1. The normalized spacial score (nSPS) is 17.0. The van der Waals surface area contributed by atoms with Gasteiger partial charge in [0.2, 0.25) is 0 Å². The summed E-state index contributed by atoms with van der Waals surface area (Å²) in [6, 6.07) is 12.4. The van der Waals surface area contributed by atoms with E-state index in [-0.39, 0.29) is 12.1 Å². The Hall–Kier alpha value is -2.34. The quantitative estimate of drug-likeness (QED) is 0.786. The fourth-order valence-electron chi connectivity index (χ4n) is 3.31. The number of methoxy groups -OCH3 is 1. The molecule has 6 heteroatoms. The number of nitrogens with one attached hydrogen (secondary N) is 1. The predicted octanol–water partition coefficient (Wildman–Crippen LogP) is 3.16. The van der Waals surface area contributed by atoms with Gasteiger partial charge < -0.3 is 9.64 Å². The van der Waals surface area contributed by atoms with Crippen LogP contribution in [0.25, 0.3) is 0 Å². The van der Waals surface area contributed by atoms with Crippen molar-refractivity contribution < 1.29 is 9.53 Å². The van der Waals surface area contributed by atoms with Gasteiger partial charge in [0, 0.05) is 45.1 Å². The van der Waals surface area contributed by atoms with E-state index in [1.165, 1.54) is 5.56 Å². The van der Waals surface area contributed by atoms with E-state index in [2.05, 4.69) is 22.5 Å². The Labute approximate surface area is 148 Å². The van der Waals surface area contributed by atoms with Crippen molar-refractivity contribution in [1.82, 2.24) is 14.7 Å². The van der Waals surface area contributed by atoms with Crippen molar-refractivity contribution in [2.45, 2.75) is 38.3 Å². The monoisotopic (exact) mass is 342 g/mol. The summed E-state index contributed by atoms with van der Waals surface area (Å²) in [5.41, 5.74) is 1.27. The highest BCUT2D eigenvalue weighted by molar-refractivity contribution is 5.88. The van der Waals surface area contributed by atoms with Gasteiger partial charge in [-0.2, -0.15) is 5.10 Å². The van der Waals surface area contributed by atoms with Crippen molar-refractivity contribution in [3.8, 4) is 0 Å². The van der Waals surface area contributed by atoms with Gasteiger partial charge in [0.25, 0.3) is 0 Å². The molecule has 1 saturated heterocycles. The van der Waals surface area contributed by atoms with Gasteiger partial charge in [-0.3, -0.25) is 10.00 Å². The van der Waals surface area contributed by atoms with Crippen molar-refractivity contribution in [3.05, 3.63) is 48.2 Å². The molecule has 0 radical (unpaired) electrons. The number of nitrogens with zero attached hydrogens (tertiary/aromatic N) is 3. The predicted molar refractivity (Wildman–Crippen MR) is 97.6 cm³/mol. The zero-order valence-electron chi connectivity index (χ0n) is 14.7. The fraction of sp³-hybridized carbons (Fsp3) is 0.474. The molecule has 0 bridgehead atoms. The zero-order valence-corrected chi connectivity index (χ0v) is 14.7. The SMILES string of the molecule is COCCCn1ccc(NC(=O)N2CCCC2Cc2ccccc2)n1. The van der Waals surface area contributed by atoms with Gasteiger partial charge in [-0.25, -0.2) is 4.79 Å². The number of hydrogen-bond donors (Lipinski definition) is 1. The van der Waals surface area contributed by atoms with E-state index in [4.69, 9.17) is 4.74 Å². The van der Waals surface area contributed by atoms with E-state index in [0.717, 1.165) is 38.8 Å². The molecule has 6 nitrogen and oxygen atoms in total. The highest BCUT2D eigenvalue weighted by atomic mass is 16.5. The van der Waals surface area contributed by atoms with Gasteiger partial charge >= 0.3 is 6.03 Å². The molecule has 2 heterocycles. The van der Waals surface area contributed by atoms with Crippen molar-refractivity contribution >= 4 is 11.8 Å². The third-order valence-electron chi connectivity index (χ3n) is 4.56. The maximum Gasteiger partial charge on any atom is 0.323 e. The minimum Gasteiger partial charge on any atom is -0.385 e. The van der Waals surface area contributed by atoms with E-state index >= 15 is 0 Å². The molecular weight excluding hydrogens is 316 g/mol. The lowest BCUT2D eigenvalue weighted by Gasteiger charge is -2.24. The molecule has 1 aliphatic heterocycles. The molecule has 1 atom stereocenters. The third kappa shape index (κ3) is 4.82. The minimum absolute atomic E-state index is 0.0550. The Bertz CT molecular complexity index is 671. The number of hydrogen-bond acceptors (Lipinski definition) is 3. The van der Waals surface area contributed by atoms with Gasteiger partial charge in [0.15, 0.2) is 5.82 Å². The van der Waals surface area contributed by atoms with E-state index in [9.17, 15) is 4.79 Å². The largest absolute Gasteiger partial charge is 0.385 e. The molecule has 1 aliphatic rings. The molecule has 2 amide bonds. The van der Waals surface area contributed by atoms with E-state index in [1.54, 1.807) is 7.11 Å². The number of ether oxygens (including phenoxy) is 1. The molecule has 134 valence electrons. The van der Waals surface area contributed by atoms with Gasteiger partial charge in [-0.1, -0.05) is 30.3 Å². The fourth-order valence-corrected chi connectivity index (χ4v) is 3.31. The van der Waals surface area contributed by atoms with Crippen LogP contribution in [0.4, 0.5) is 10.6 Å². The number of urea groups is 1. The number of aromatic nitrogens is 2. The highest BCUT2D eigenvalue weighted by Gasteiger charge is 2.29. The second-order valence-electron chi connectivity index (χ2n) is 6.42. The average molecular weight is 342 g/mol. The topological polar surface area (TPSA) is 59.4 Å². The smallest absolute Gasteiger partial charge is 0.323 e.